The number of anilines is 1. The Hall–Kier alpha value is -2.45. The molecule has 1 fully saturated rings. The van der Waals surface area contributed by atoms with Crippen molar-refractivity contribution >= 4 is 16.9 Å². The van der Waals surface area contributed by atoms with Crippen LogP contribution in [0.1, 0.15) is 11.5 Å². The molecule has 3 aromatic rings. The second kappa shape index (κ2) is 6.21. The van der Waals surface area contributed by atoms with Crippen LogP contribution in [0.5, 0.6) is 0 Å². The Balaban J connectivity index is 1.57. The summed E-state index contributed by atoms with van der Waals surface area (Å²) >= 11 is 0. The van der Waals surface area contributed by atoms with E-state index in [1.54, 1.807) is 6.26 Å². The predicted octanol–water partition coefficient (Wildman–Crippen LogP) is 1.20. The van der Waals surface area contributed by atoms with Crippen molar-refractivity contribution in [3.05, 3.63) is 36.2 Å². The summed E-state index contributed by atoms with van der Waals surface area (Å²) in [6.45, 7) is 5.20. The summed E-state index contributed by atoms with van der Waals surface area (Å²) in [6, 6.07) is 3.83. The molecule has 1 unspecified atom stereocenters. The molecule has 24 heavy (non-hydrogen) atoms. The van der Waals surface area contributed by atoms with Crippen LogP contribution in [0.2, 0.25) is 0 Å². The maximum absolute atomic E-state index is 10.4. The third-order valence-electron chi connectivity index (χ3n) is 4.27. The highest BCUT2D eigenvalue weighted by Gasteiger charge is 2.25. The lowest BCUT2D eigenvalue weighted by Crippen LogP contribution is -2.33. The monoisotopic (exact) mass is 329 g/mol. The molecule has 0 bridgehead atoms. The number of furan rings is 1. The quantitative estimate of drug-likeness (QED) is 0.766. The van der Waals surface area contributed by atoms with Crippen molar-refractivity contribution in [1.29, 1.82) is 0 Å². The highest BCUT2D eigenvalue weighted by molar-refractivity contribution is 5.87. The zero-order valence-electron chi connectivity index (χ0n) is 13.4. The Morgan fingerprint density at radius 2 is 2.21 bits per heavy atom. The Bertz CT molecular complexity index is 816. The zero-order valence-corrected chi connectivity index (χ0v) is 13.4. The van der Waals surface area contributed by atoms with Crippen molar-refractivity contribution in [1.82, 2.24) is 20.0 Å². The van der Waals surface area contributed by atoms with Crippen molar-refractivity contribution < 1.29 is 14.0 Å². The number of nitrogens with zero attached hydrogens (tertiary/aromatic N) is 5. The van der Waals surface area contributed by atoms with Crippen molar-refractivity contribution in [2.45, 2.75) is 19.6 Å². The molecule has 1 N–H and O–H groups in total. The molecule has 0 saturated carbocycles. The zero-order chi connectivity index (χ0) is 16.5. The number of β-amino-alcohol motifs (C(OH)–C–C–N with tert-alkyl or cyclic N) is 1. The standard InChI is InChI=1S/C16H19N5O3/c1-11-14-15(17-10-18-16(14)24-19-11)21-5-4-20(7-12(22)8-21)9-13-3-2-6-23-13/h2-3,6,10,12,22H,4-5,7-9H2,1H3. The summed E-state index contributed by atoms with van der Waals surface area (Å²) in [4.78, 5) is 12.8. The number of hydrogen-bond donors (Lipinski definition) is 1. The van der Waals surface area contributed by atoms with Gasteiger partial charge >= 0.3 is 0 Å². The van der Waals surface area contributed by atoms with Crippen molar-refractivity contribution in [2.75, 3.05) is 31.1 Å². The SMILES string of the molecule is Cc1noc2ncnc(N3CCN(Cc4ccco4)CC(O)C3)c12. The van der Waals surface area contributed by atoms with Crippen LogP contribution in [0.4, 0.5) is 5.82 Å². The maximum Gasteiger partial charge on any atom is 0.263 e. The molecule has 1 atom stereocenters. The number of aromatic nitrogens is 3. The van der Waals surface area contributed by atoms with Gasteiger partial charge in [0.1, 0.15) is 23.3 Å². The number of hydrogen-bond acceptors (Lipinski definition) is 8. The van der Waals surface area contributed by atoms with Gasteiger partial charge in [-0.25, -0.2) is 4.98 Å². The summed E-state index contributed by atoms with van der Waals surface area (Å²) in [5, 5.41) is 15.2. The molecule has 1 saturated heterocycles. The molecule has 1 aliphatic rings. The Morgan fingerprint density at radius 1 is 1.29 bits per heavy atom. The normalized spacial score (nSPS) is 19.8. The molecule has 8 nitrogen and oxygen atoms in total. The van der Waals surface area contributed by atoms with E-state index in [1.165, 1.54) is 6.33 Å². The second-order valence-electron chi connectivity index (χ2n) is 6.06. The molecular weight excluding hydrogens is 310 g/mol. The van der Waals surface area contributed by atoms with Crippen LogP contribution in [-0.2, 0) is 6.54 Å². The van der Waals surface area contributed by atoms with E-state index in [9.17, 15) is 5.11 Å². The number of fused-ring (bicyclic) bond motifs is 1. The molecule has 0 aliphatic carbocycles. The topological polar surface area (TPSA) is 91.7 Å². The van der Waals surface area contributed by atoms with E-state index in [-0.39, 0.29) is 0 Å². The van der Waals surface area contributed by atoms with Gasteiger partial charge in [0, 0.05) is 26.2 Å². The number of aliphatic hydroxyl groups excluding tert-OH is 1. The van der Waals surface area contributed by atoms with E-state index in [0.717, 1.165) is 35.7 Å². The highest BCUT2D eigenvalue weighted by Crippen LogP contribution is 2.26. The third-order valence-corrected chi connectivity index (χ3v) is 4.27. The summed E-state index contributed by atoms with van der Waals surface area (Å²) in [5.74, 6) is 1.66. The van der Waals surface area contributed by atoms with E-state index < -0.39 is 6.10 Å². The average molecular weight is 329 g/mol. The van der Waals surface area contributed by atoms with Gasteiger partial charge in [0.15, 0.2) is 0 Å². The fourth-order valence-electron chi connectivity index (χ4n) is 3.16. The van der Waals surface area contributed by atoms with E-state index in [1.807, 2.05) is 19.1 Å². The van der Waals surface area contributed by atoms with E-state index in [0.29, 0.717) is 25.3 Å². The van der Waals surface area contributed by atoms with Crippen molar-refractivity contribution in [2.24, 2.45) is 0 Å². The van der Waals surface area contributed by atoms with Gasteiger partial charge in [0.05, 0.1) is 24.6 Å². The number of aliphatic hydroxyl groups is 1. The van der Waals surface area contributed by atoms with Crippen LogP contribution >= 0.6 is 0 Å². The van der Waals surface area contributed by atoms with Crippen LogP contribution in [0.25, 0.3) is 11.1 Å². The molecule has 1 aliphatic heterocycles. The van der Waals surface area contributed by atoms with Gasteiger partial charge in [-0.15, -0.1) is 0 Å². The summed E-state index contributed by atoms with van der Waals surface area (Å²) in [7, 11) is 0. The lowest BCUT2D eigenvalue weighted by atomic mass is 10.2. The minimum absolute atomic E-state index is 0.476. The lowest BCUT2D eigenvalue weighted by molar-refractivity contribution is 0.125. The van der Waals surface area contributed by atoms with Gasteiger partial charge in [-0.3, -0.25) is 4.90 Å². The number of aryl methyl sites for hydroxylation is 1. The maximum atomic E-state index is 10.4. The Morgan fingerprint density at radius 3 is 3.04 bits per heavy atom. The second-order valence-corrected chi connectivity index (χ2v) is 6.06. The average Bonchev–Trinajstić information content (AvgIpc) is 3.16. The van der Waals surface area contributed by atoms with Gasteiger partial charge in [-0.05, 0) is 19.1 Å². The Labute approximate surface area is 138 Å². The molecule has 126 valence electrons. The number of rotatable bonds is 3. The van der Waals surface area contributed by atoms with Gasteiger partial charge in [-0.2, -0.15) is 4.98 Å². The molecule has 0 amide bonds. The first-order valence-corrected chi connectivity index (χ1v) is 7.95. The molecule has 8 heteroatoms. The lowest BCUT2D eigenvalue weighted by Gasteiger charge is -2.23. The molecule has 0 radical (unpaired) electrons. The van der Waals surface area contributed by atoms with Crippen LogP contribution in [0.3, 0.4) is 0 Å². The fourth-order valence-corrected chi connectivity index (χ4v) is 3.16. The minimum atomic E-state index is -0.479. The minimum Gasteiger partial charge on any atom is -0.468 e. The summed E-state index contributed by atoms with van der Waals surface area (Å²) < 4.78 is 10.6. The van der Waals surface area contributed by atoms with E-state index in [4.69, 9.17) is 8.94 Å². The Kier molecular flexibility index (Phi) is 3.91. The molecule has 0 spiro atoms. The van der Waals surface area contributed by atoms with Crippen LogP contribution in [0.15, 0.2) is 33.7 Å². The summed E-state index contributed by atoms with van der Waals surface area (Å²) in [5.41, 5.74) is 1.23. The van der Waals surface area contributed by atoms with Gasteiger partial charge in [-0.1, -0.05) is 5.16 Å². The van der Waals surface area contributed by atoms with Crippen LogP contribution in [-0.4, -0.2) is 57.4 Å². The van der Waals surface area contributed by atoms with Crippen LogP contribution < -0.4 is 4.90 Å². The van der Waals surface area contributed by atoms with Gasteiger partial charge in [0.2, 0.25) is 0 Å². The fraction of sp³-hybridized carbons (Fsp3) is 0.438. The predicted molar refractivity (Wildman–Crippen MR) is 86.5 cm³/mol. The first-order valence-electron chi connectivity index (χ1n) is 7.95. The van der Waals surface area contributed by atoms with E-state index in [2.05, 4.69) is 24.9 Å². The molecule has 4 rings (SSSR count). The summed E-state index contributed by atoms with van der Waals surface area (Å²) in [6.07, 6.45) is 2.66. The van der Waals surface area contributed by atoms with Crippen LogP contribution in [0, 0.1) is 6.92 Å². The van der Waals surface area contributed by atoms with E-state index >= 15 is 0 Å². The largest absolute Gasteiger partial charge is 0.468 e. The third kappa shape index (κ3) is 2.85. The molecule has 0 aromatic carbocycles. The molecule has 4 heterocycles. The van der Waals surface area contributed by atoms with Crippen molar-refractivity contribution in [3.8, 4) is 0 Å². The molecular formula is C16H19N5O3. The van der Waals surface area contributed by atoms with Gasteiger partial charge < -0.3 is 18.9 Å². The van der Waals surface area contributed by atoms with Crippen molar-refractivity contribution in [3.63, 3.8) is 0 Å². The first kappa shape index (κ1) is 15.1. The molecule has 3 aromatic heterocycles. The highest BCUT2D eigenvalue weighted by atomic mass is 16.5. The first-order chi connectivity index (χ1) is 11.7. The smallest absolute Gasteiger partial charge is 0.263 e. The van der Waals surface area contributed by atoms with Gasteiger partial charge in [0.25, 0.3) is 5.71 Å².